The van der Waals surface area contributed by atoms with Gasteiger partial charge in [0.15, 0.2) is 23.0 Å². The molecule has 5 heterocycles. The molecule has 0 bridgehead atoms. The topological polar surface area (TPSA) is 127 Å². The molecule has 216 valence electrons. The molecule has 0 amide bonds. The van der Waals surface area contributed by atoms with Gasteiger partial charge in [-0.05, 0) is 38.0 Å². The van der Waals surface area contributed by atoms with Gasteiger partial charge >= 0.3 is 0 Å². The number of Topliss-reactive ketones (excluding diaryl/α,β-unsaturated/α-hetero) is 1. The molecule has 2 N–H and O–H groups in total. The molecule has 1 saturated heterocycles. The predicted octanol–water partition coefficient (Wildman–Crippen LogP) is 4.42. The number of methoxy groups -OCH3 is 1. The molecule has 0 aromatic carbocycles. The van der Waals surface area contributed by atoms with E-state index in [4.69, 9.17) is 4.74 Å². The van der Waals surface area contributed by atoms with Crippen LogP contribution in [0.3, 0.4) is 0 Å². The summed E-state index contributed by atoms with van der Waals surface area (Å²) in [6.07, 6.45) is -4.13. The van der Waals surface area contributed by atoms with Crippen molar-refractivity contribution >= 4 is 23.4 Å². The van der Waals surface area contributed by atoms with Gasteiger partial charge in [0.05, 0.1) is 13.1 Å². The van der Waals surface area contributed by atoms with Gasteiger partial charge in [-0.25, -0.2) is 32.2 Å². The lowest BCUT2D eigenvalue weighted by Crippen LogP contribution is -2.67. The van der Waals surface area contributed by atoms with Crippen molar-refractivity contribution in [3.63, 3.8) is 0 Å². The van der Waals surface area contributed by atoms with Gasteiger partial charge in [-0.2, -0.15) is 15.2 Å². The zero-order chi connectivity index (χ0) is 29.3. The summed E-state index contributed by atoms with van der Waals surface area (Å²) in [6, 6.07) is 7.29. The molecule has 1 fully saturated rings. The van der Waals surface area contributed by atoms with Crippen LogP contribution in [-0.4, -0.2) is 66.5 Å². The number of nitrogens with zero attached hydrogens (tertiary/aromatic N) is 7. The minimum atomic E-state index is -3.00. The number of carbonyl (C=O) groups excluding carboxylic acids is 1. The summed E-state index contributed by atoms with van der Waals surface area (Å²) < 4.78 is 58.9. The van der Waals surface area contributed by atoms with Gasteiger partial charge in [0.2, 0.25) is 5.95 Å². The second-order valence-corrected chi connectivity index (χ2v) is 9.77. The SMILES string of the molecule is COC1(C(=O)CCc2ccc(-n3nc(C(F)F)cc3C(F)F)nc2)CN(c2nc(C)cc(Nc3cc(C)[nH]n3)n2)C1. The summed E-state index contributed by atoms with van der Waals surface area (Å²) >= 11 is 0. The number of pyridine rings is 1. The van der Waals surface area contributed by atoms with Crippen LogP contribution in [0, 0.1) is 13.8 Å². The average molecular weight is 574 g/mol. The Hall–Kier alpha value is -4.40. The van der Waals surface area contributed by atoms with Crippen LogP contribution >= 0.6 is 0 Å². The zero-order valence-electron chi connectivity index (χ0n) is 22.4. The van der Waals surface area contributed by atoms with E-state index in [0.717, 1.165) is 11.4 Å². The van der Waals surface area contributed by atoms with Crippen LogP contribution in [0.4, 0.5) is 35.1 Å². The largest absolute Gasteiger partial charge is 0.367 e. The molecule has 4 aromatic rings. The molecule has 4 aromatic heterocycles. The van der Waals surface area contributed by atoms with E-state index < -0.39 is 29.8 Å². The molecule has 41 heavy (non-hydrogen) atoms. The van der Waals surface area contributed by atoms with Gasteiger partial charge in [0.1, 0.15) is 17.2 Å². The standard InChI is InChI=1S/C26H27F4N9O2/c1-14-8-20(33-21-9-15(2)35-36-21)34-25(32-14)38-12-26(13-38,41-3)19(40)6-4-16-5-7-22(31-11-16)39-18(24(29)30)10-17(37-39)23(27)28/h5,7-11,23-24H,4,6,12-13H2,1-3H3,(H2,32,33,34,35,36). The first kappa shape index (κ1) is 28.1. The number of anilines is 3. The van der Waals surface area contributed by atoms with E-state index in [-0.39, 0.29) is 31.1 Å². The van der Waals surface area contributed by atoms with Crippen LogP contribution in [-0.2, 0) is 16.0 Å². The zero-order valence-corrected chi connectivity index (χ0v) is 22.4. The van der Waals surface area contributed by atoms with E-state index in [0.29, 0.717) is 40.3 Å². The van der Waals surface area contributed by atoms with Crippen molar-refractivity contribution < 1.29 is 27.1 Å². The first-order chi connectivity index (χ1) is 19.6. The van der Waals surface area contributed by atoms with E-state index >= 15 is 0 Å². The van der Waals surface area contributed by atoms with Crippen LogP contribution in [0.25, 0.3) is 5.82 Å². The Labute approximate surface area is 232 Å². The van der Waals surface area contributed by atoms with Gasteiger partial charge in [-0.3, -0.25) is 9.89 Å². The number of nitrogens with one attached hydrogen (secondary N) is 2. The van der Waals surface area contributed by atoms with Gasteiger partial charge in [0.25, 0.3) is 12.9 Å². The molecule has 1 aliphatic rings. The summed E-state index contributed by atoms with van der Waals surface area (Å²) in [6.45, 7) is 4.28. The van der Waals surface area contributed by atoms with E-state index in [1.54, 1.807) is 12.1 Å². The third kappa shape index (κ3) is 5.89. The summed E-state index contributed by atoms with van der Waals surface area (Å²) in [4.78, 5) is 28.2. The molecule has 1 aliphatic heterocycles. The fraction of sp³-hybridized carbons (Fsp3) is 0.385. The number of hydrogen-bond donors (Lipinski definition) is 2. The number of hydrogen-bond acceptors (Lipinski definition) is 9. The normalized spacial score (nSPS) is 14.5. The Balaban J connectivity index is 1.21. The lowest BCUT2D eigenvalue weighted by Gasteiger charge is -2.47. The number of ether oxygens (including phenoxy) is 1. The third-order valence-electron chi connectivity index (χ3n) is 6.75. The summed E-state index contributed by atoms with van der Waals surface area (Å²) in [7, 11) is 1.48. The van der Waals surface area contributed by atoms with Crippen molar-refractivity contribution in [2.75, 3.05) is 30.4 Å². The van der Waals surface area contributed by atoms with E-state index in [2.05, 4.69) is 35.6 Å². The number of alkyl halides is 4. The van der Waals surface area contributed by atoms with Crippen molar-refractivity contribution in [1.82, 2.24) is 34.9 Å². The summed E-state index contributed by atoms with van der Waals surface area (Å²) in [5.74, 6) is 1.50. The number of aryl methyl sites for hydroxylation is 3. The molecular formula is C26H27F4N9O2. The summed E-state index contributed by atoms with van der Waals surface area (Å²) in [5, 5.41) is 13.7. The molecule has 5 rings (SSSR count). The minimum Gasteiger partial charge on any atom is -0.367 e. The highest BCUT2D eigenvalue weighted by Crippen LogP contribution is 2.32. The molecule has 0 atom stereocenters. The number of ketones is 1. The van der Waals surface area contributed by atoms with Gasteiger partial charge in [0, 0.05) is 43.2 Å². The van der Waals surface area contributed by atoms with Gasteiger partial charge in [-0.15, -0.1) is 0 Å². The molecule has 0 unspecified atom stereocenters. The molecule has 15 heteroatoms. The number of rotatable bonds is 11. The van der Waals surface area contributed by atoms with Gasteiger partial charge < -0.3 is 15.0 Å². The molecular weight excluding hydrogens is 546 g/mol. The Morgan fingerprint density at radius 3 is 2.49 bits per heavy atom. The van der Waals surface area contributed by atoms with Crippen LogP contribution < -0.4 is 10.2 Å². The van der Waals surface area contributed by atoms with Crippen molar-refractivity contribution in [3.05, 3.63) is 64.9 Å². The maximum absolute atomic E-state index is 13.3. The number of H-pyrrole nitrogens is 1. The maximum atomic E-state index is 13.3. The number of carbonyl (C=O) groups is 1. The second kappa shape index (κ2) is 11.2. The summed E-state index contributed by atoms with van der Waals surface area (Å²) in [5.41, 5.74) is -0.158. The molecule has 0 saturated carbocycles. The fourth-order valence-corrected chi connectivity index (χ4v) is 4.54. The van der Waals surface area contributed by atoms with Crippen molar-refractivity contribution in [1.29, 1.82) is 0 Å². The number of halogens is 4. The minimum absolute atomic E-state index is 0.0280. The monoisotopic (exact) mass is 573 g/mol. The van der Waals surface area contributed by atoms with E-state index in [1.165, 1.54) is 19.4 Å². The first-order valence-electron chi connectivity index (χ1n) is 12.7. The highest BCUT2D eigenvalue weighted by atomic mass is 19.3. The van der Waals surface area contributed by atoms with E-state index in [1.807, 2.05) is 24.8 Å². The Kier molecular flexibility index (Phi) is 7.71. The predicted molar refractivity (Wildman–Crippen MR) is 140 cm³/mol. The number of aromatic nitrogens is 7. The maximum Gasteiger partial charge on any atom is 0.282 e. The highest BCUT2D eigenvalue weighted by molar-refractivity contribution is 5.91. The lowest BCUT2D eigenvalue weighted by molar-refractivity contribution is -0.144. The lowest BCUT2D eigenvalue weighted by atomic mass is 9.86. The average Bonchev–Trinajstić information content (AvgIpc) is 3.54. The molecule has 0 aliphatic carbocycles. The van der Waals surface area contributed by atoms with Crippen LogP contribution in [0.2, 0.25) is 0 Å². The van der Waals surface area contributed by atoms with E-state index in [9.17, 15) is 22.4 Å². The van der Waals surface area contributed by atoms with Crippen molar-refractivity contribution in [2.24, 2.45) is 0 Å². The molecule has 0 radical (unpaired) electrons. The Morgan fingerprint density at radius 1 is 1.10 bits per heavy atom. The second-order valence-electron chi connectivity index (χ2n) is 9.77. The first-order valence-corrected chi connectivity index (χ1v) is 12.7. The highest BCUT2D eigenvalue weighted by Gasteiger charge is 2.50. The van der Waals surface area contributed by atoms with Gasteiger partial charge in [-0.1, -0.05) is 6.07 Å². The van der Waals surface area contributed by atoms with Crippen LogP contribution in [0.1, 0.15) is 47.6 Å². The Morgan fingerprint density at radius 2 is 1.88 bits per heavy atom. The molecule has 0 spiro atoms. The molecule has 11 nitrogen and oxygen atoms in total. The quantitative estimate of drug-likeness (QED) is 0.251. The smallest absolute Gasteiger partial charge is 0.282 e. The number of aromatic amines is 1. The third-order valence-corrected chi connectivity index (χ3v) is 6.75. The fourth-order valence-electron chi connectivity index (χ4n) is 4.54. The van der Waals surface area contributed by atoms with Crippen molar-refractivity contribution in [3.8, 4) is 5.82 Å². The van der Waals surface area contributed by atoms with Crippen LogP contribution in [0.5, 0.6) is 0 Å². The van der Waals surface area contributed by atoms with Crippen molar-refractivity contribution in [2.45, 2.75) is 45.1 Å². The van der Waals surface area contributed by atoms with Crippen LogP contribution in [0.15, 0.2) is 36.5 Å². The Bertz CT molecular complexity index is 1530.